The first-order valence-electron chi connectivity index (χ1n) is 6.61. The van der Waals surface area contributed by atoms with E-state index in [1.807, 2.05) is 19.9 Å². The van der Waals surface area contributed by atoms with Gasteiger partial charge < -0.3 is 14.6 Å². The van der Waals surface area contributed by atoms with Crippen molar-refractivity contribution in [2.75, 3.05) is 13.7 Å². The maximum atomic E-state index is 11.1. The summed E-state index contributed by atoms with van der Waals surface area (Å²) in [7, 11) is 1.64. The van der Waals surface area contributed by atoms with Crippen molar-refractivity contribution in [1.82, 2.24) is 9.97 Å². The topological polar surface area (TPSA) is 81.5 Å². The van der Waals surface area contributed by atoms with Gasteiger partial charge in [-0.15, -0.1) is 0 Å². The second-order valence-corrected chi connectivity index (χ2v) is 5.24. The molecule has 1 N–H and O–H groups in total. The molecule has 2 rings (SSSR count). The Morgan fingerprint density at radius 3 is 2.67 bits per heavy atom. The Hall–Kier alpha value is -2.21. The first kappa shape index (κ1) is 15.2. The molecule has 0 saturated carbocycles. The maximum Gasteiger partial charge on any atom is 0.374 e. The van der Waals surface area contributed by atoms with Crippen molar-refractivity contribution < 1.29 is 19.4 Å². The molecule has 1 aromatic heterocycles. The van der Waals surface area contributed by atoms with Gasteiger partial charge in [-0.25, -0.2) is 9.78 Å². The van der Waals surface area contributed by atoms with Gasteiger partial charge >= 0.3 is 5.97 Å². The van der Waals surface area contributed by atoms with Crippen LogP contribution in [0.5, 0.6) is 5.88 Å². The van der Waals surface area contributed by atoms with Crippen LogP contribution >= 0.6 is 0 Å². The van der Waals surface area contributed by atoms with Gasteiger partial charge in [0.25, 0.3) is 0 Å². The zero-order chi connectivity index (χ0) is 15.5. The van der Waals surface area contributed by atoms with Crippen molar-refractivity contribution in [3.05, 3.63) is 30.1 Å². The number of hydrogen-bond acceptors (Lipinski definition) is 5. The fourth-order valence-corrected chi connectivity index (χ4v) is 1.75. The Morgan fingerprint density at radius 1 is 1.29 bits per heavy atom. The van der Waals surface area contributed by atoms with Gasteiger partial charge in [-0.3, -0.25) is 0 Å². The summed E-state index contributed by atoms with van der Waals surface area (Å²) in [5, 5.41) is 9.75. The number of aromatic nitrogens is 2. The Kier molecular flexibility index (Phi) is 4.37. The van der Waals surface area contributed by atoms with E-state index in [1.54, 1.807) is 25.3 Å². The highest BCUT2D eigenvalue weighted by molar-refractivity contribution is 5.89. The molecule has 0 fully saturated rings. The van der Waals surface area contributed by atoms with E-state index in [0.29, 0.717) is 23.9 Å². The molecule has 0 atom stereocenters. The second kappa shape index (κ2) is 6.05. The maximum absolute atomic E-state index is 11.1. The van der Waals surface area contributed by atoms with Crippen LogP contribution < -0.4 is 4.74 Å². The van der Waals surface area contributed by atoms with E-state index in [1.165, 1.54) is 0 Å². The molecule has 0 aliphatic carbocycles. The number of carbonyl (C=O) groups is 1. The lowest BCUT2D eigenvalue weighted by Crippen LogP contribution is -2.25. The number of rotatable bonds is 6. The number of benzene rings is 1. The van der Waals surface area contributed by atoms with E-state index < -0.39 is 5.97 Å². The van der Waals surface area contributed by atoms with Gasteiger partial charge in [0.05, 0.1) is 23.1 Å². The quantitative estimate of drug-likeness (QED) is 0.880. The van der Waals surface area contributed by atoms with E-state index >= 15 is 0 Å². The van der Waals surface area contributed by atoms with Gasteiger partial charge in [0.2, 0.25) is 11.7 Å². The molecule has 0 aliphatic rings. The standard InChI is InChI=1S/C15H18N2O4/c1-15(2,20-3)8-9-21-13-10-6-4-5-7-11(10)16-12(17-13)14(18)19/h4-7H,8-9H2,1-3H3,(H,18,19). The summed E-state index contributed by atoms with van der Waals surface area (Å²) in [6, 6.07) is 7.16. The number of hydrogen-bond donors (Lipinski definition) is 1. The molecule has 6 nitrogen and oxygen atoms in total. The molecule has 112 valence electrons. The van der Waals surface area contributed by atoms with Crippen molar-refractivity contribution >= 4 is 16.9 Å². The van der Waals surface area contributed by atoms with Crippen molar-refractivity contribution in [2.24, 2.45) is 0 Å². The lowest BCUT2D eigenvalue weighted by atomic mass is 10.1. The van der Waals surface area contributed by atoms with Crippen LogP contribution in [0.1, 0.15) is 30.9 Å². The van der Waals surface area contributed by atoms with Crippen molar-refractivity contribution in [3.8, 4) is 5.88 Å². The Balaban J connectivity index is 2.27. The number of nitrogens with zero attached hydrogens (tertiary/aromatic N) is 2. The third kappa shape index (κ3) is 3.66. The van der Waals surface area contributed by atoms with Gasteiger partial charge in [-0.1, -0.05) is 12.1 Å². The molecule has 2 aromatic rings. The molecular formula is C15H18N2O4. The molecule has 0 bridgehead atoms. The molecule has 0 radical (unpaired) electrons. The van der Waals surface area contributed by atoms with Gasteiger partial charge in [0, 0.05) is 13.5 Å². The van der Waals surface area contributed by atoms with E-state index in [9.17, 15) is 4.79 Å². The molecule has 1 heterocycles. The predicted octanol–water partition coefficient (Wildman–Crippen LogP) is 2.52. The molecular weight excluding hydrogens is 272 g/mol. The summed E-state index contributed by atoms with van der Waals surface area (Å²) < 4.78 is 11.0. The third-order valence-electron chi connectivity index (χ3n) is 3.26. The van der Waals surface area contributed by atoms with Gasteiger partial charge in [-0.05, 0) is 26.0 Å². The van der Waals surface area contributed by atoms with Gasteiger partial charge in [-0.2, -0.15) is 4.98 Å². The summed E-state index contributed by atoms with van der Waals surface area (Å²) in [4.78, 5) is 19.0. The lowest BCUT2D eigenvalue weighted by molar-refractivity contribution is 0.00516. The average molecular weight is 290 g/mol. The van der Waals surface area contributed by atoms with Gasteiger partial charge in [0.1, 0.15) is 0 Å². The fraction of sp³-hybridized carbons (Fsp3) is 0.400. The second-order valence-electron chi connectivity index (χ2n) is 5.24. The SMILES string of the molecule is COC(C)(C)CCOc1nc(C(=O)O)nc2ccccc12. The Morgan fingerprint density at radius 2 is 2.00 bits per heavy atom. The van der Waals surface area contributed by atoms with E-state index in [4.69, 9.17) is 14.6 Å². The highest BCUT2D eigenvalue weighted by Crippen LogP contribution is 2.23. The number of para-hydroxylation sites is 1. The number of fused-ring (bicyclic) bond motifs is 1. The van der Waals surface area contributed by atoms with Crippen LogP contribution in [-0.2, 0) is 4.74 Å². The van der Waals surface area contributed by atoms with Crippen LogP contribution in [0.2, 0.25) is 0 Å². The largest absolute Gasteiger partial charge is 0.477 e. The molecule has 0 unspecified atom stereocenters. The molecule has 0 amide bonds. The number of ether oxygens (including phenoxy) is 2. The van der Waals surface area contributed by atoms with Crippen LogP contribution in [0.25, 0.3) is 10.9 Å². The van der Waals surface area contributed by atoms with Crippen LogP contribution in [0.4, 0.5) is 0 Å². The molecule has 0 saturated heterocycles. The van der Waals surface area contributed by atoms with E-state index in [-0.39, 0.29) is 17.3 Å². The first-order chi connectivity index (χ1) is 9.93. The molecule has 1 aromatic carbocycles. The third-order valence-corrected chi connectivity index (χ3v) is 3.26. The highest BCUT2D eigenvalue weighted by Gasteiger charge is 2.18. The number of aromatic carboxylic acids is 1. The highest BCUT2D eigenvalue weighted by atomic mass is 16.5. The minimum Gasteiger partial charge on any atom is -0.477 e. The number of carboxylic acid groups (broad SMARTS) is 1. The normalized spacial score (nSPS) is 11.6. The van der Waals surface area contributed by atoms with Crippen LogP contribution in [0.15, 0.2) is 24.3 Å². The smallest absolute Gasteiger partial charge is 0.374 e. The Bertz CT molecular complexity index is 655. The summed E-state index contributed by atoms with van der Waals surface area (Å²) in [6.45, 7) is 4.29. The predicted molar refractivity (Wildman–Crippen MR) is 77.7 cm³/mol. The van der Waals surface area contributed by atoms with E-state index in [2.05, 4.69) is 9.97 Å². The number of methoxy groups -OCH3 is 1. The lowest BCUT2D eigenvalue weighted by Gasteiger charge is -2.22. The molecule has 6 heteroatoms. The fourth-order valence-electron chi connectivity index (χ4n) is 1.75. The molecule has 0 spiro atoms. The van der Waals surface area contributed by atoms with E-state index in [0.717, 1.165) is 0 Å². The van der Waals surface area contributed by atoms with Crippen molar-refractivity contribution in [1.29, 1.82) is 0 Å². The van der Waals surface area contributed by atoms with Crippen LogP contribution in [-0.4, -0.2) is 40.4 Å². The van der Waals surface area contributed by atoms with Gasteiger partial charge in [0.15, 0.2) is 0 Å². The zero-order valence-electron chi connectivity index (χ0n) is 12.3. The van der Waals surface area contributed by atoms with Crippen molar-refractivity contribution in [2.45, 2.75) is 25.9 Å². The zero-order valence-corrected chi connectivity index (χ0v) is 12.3. The monoisotopic (exact) mass is 290 g/mol. The van der Waals surface area contributed by atoms with Crippen LogP contribution in [0, 0.1) is 0 Å². The Labute approximate surface area is 122 Å². The summed E-state index contributed by atoms with van der Waals surface area (Å²) in [5.41, 5.74) is 0.240. The average Bonchev–Trinajstić information content (AvgIpc) is 2.46. The minimum absolute atomic E-state index is 0.269. The summed E-state index contributed by atoms with van der Waals surface area (Å²) in [6.07, 6.45) is 0.657. The summed E-state index contributed by atoms with van der Waals surface area (Å²) in [5.74, 6) is -1.16. The van der Waals surface area contributed by atoms with Crippen molar-refractivity contribution in [3.63, 3.8) is 0 Å². The molecule has 0 aliphatic heterocycles. The summed E-state index contributed by atoms with van der Waals surface area (Å²) >= 11 is 0. The molecule has 21 heavy (non-hydrogen) atoms. The first-order valence-corrected chi connectivity index (χ1v) is 6.61. The number of carboxylic acids is 1. The van der Waals surface area contributed by atoms with Crippen LogP contribution in [0.3, 0.4) is 0 Å². The minimum atomic E-state index is -1.18.